The standard InChI is InChI=1S/C14H19NO3S/c1-12(2)11-15(3)19(17,18)14-9-5-4-7-13(14)8-6-10-16/h4-5,7,9,12,16H,10-11H2,1-3H3. The predicted molar refractivity (Wildman–Crippen MR) is 75.1 cm³/mol. The molecular weight excluding hydrogens is 262 g/mol. The second-order valence-corrected chi connectivity index (χ2v) is 6.65. The molecule has 0 unspecified atom stereocenters. The van der Waals surface area contributed by atoms with Gasteiger partial charge in [-0.1, -0.05) is 37.8 Å². The number of aliphatic hydroxyl groups excluding tert-OH is 1. The van der Waals surface area contributed by atoms with E-state index in [0.717, 1.165) is 0 Å². The molecule has 104 valence electrons. The van der Waals surface area contributed by atoms with Gasteiger partial charge in [-0.05, 0) is 18.1 Å². The van der Waals surface area contributed by atoms with Crippen molar-refractivity contribution in [2.24, 2.45) is 5.92 Å². The zero-order valence-corrected chi connectivity index (χ0v) is 12.2. The van der Waals surface area contributed by atoms with Gasteiger partial charge in [0.15, 0.2) is 0 Å². The van der Waals surface area contributed by atoms with Crippen LogP contribution in [0.2, 0.25) is 0 Å². The minimum Gasteiger partial charge on any atom is -0.384 e. The van der Waals surface area contributed by atoms with Crippen LogP contribution in [0.25, 0.3) is 0 Å². The number of nitrogens with zero attached hydrogens (tertiary/aromatic N) is 1. The van der Waals surface area contributed by atoms with Gasteiger partial charge >= 0.3 is 0 Å². The molecule has 0 saturated heterocycles. The van der Waals surface area contributed by atoms with Gasteiger partial charge in [0.2, 0.25) is 10.0 Å². The molecule has 1 aromatic rings. The molecule has 0 fully saturated rings. The molecule has 1 N–H and O–H groups in total. The van der Waals surface area contributed by atoms with Crippen molar-refractivity contribution in [3.05, 3.63) is 29.8 Å². The van der Waals surface area contributed by atoms with E-state index in [1.54, 1.807) is 25.2 Å². The van der Waals surface area contributed by atoms with E-state index in [-0.39, 0.29) is 17.4 Å². The summed E-state index contributed by atoms with van der Waals surface area (Å²) in [5.41, 5.74) is 0.409. The summed E-state index contributed by atoms with van der Waals surface area (Å²) in [5, 5.41) is 8.72. The Morgan fingerprint density at radius 3 is 2.53 bits per heavy atom. The van der Waals surface area contributed by atoms with Crippen molar-refractivity contribution in [3.63, 3.8) is 0 Å². The number of hydrogen-bond acceptors (Lipinski definition) is 3. The van der Waals surface area contributed by atoms with Crippen LogP contribution in [-0.4, -0.2) is 38.0 Å². The summed E-state index contributed by atoms with van der Waals surface area (Å²) in [5.74, 6) is 5.40. The molecular formula is C14H19NO3S. The van der Waals surface area contributed by atoms with E-state index in [2.05, 4.69) is 11.8 Å². The maximum Gasteiger partial charge on any atom is 0.244 e. The molecule has 4 nitrogen and oxygen atoms in total. The molecule has 19 heavy (non-hydrogen) atoms. The molecule has 0 heterocycles. The first-order valence-electron chi connectivity index (χ1n) is 6.04. The van der Waals surface area contributed by atoms with E-state index in [4.69, 9.17) is 5.11 Å². The first-order valence-corrected chi connectivity index (χ1v) is 7.48. The Morgan fingerprint density at radius 2 is 1.95 bits per heavy atom. The summed E-state index contributed by atoms with van der Waals surface area (Å²) in [6.07, 6.45) is 0. The Bertz CT molecular complexity index is 582. The highest BCUT2D eigenvalue weighted by atomic mass is 32.2. The molecule has 0 spiro atoms. The van der Waals surface area contributed by atoms with E-state index >= 15 is 0 Å². The van der Waals surface area contributed by atoms with Crippen LogP contribution in [0.4, 0.5) is 0 Å². The zero-order chi connectivity index (χ0) is 14.5. The Morgan fingerprint density at radius 1 is 1.32 bits per heavy atom. The van der Waals surface area contributed by atoms with Gasteiger partial charge in [0.25, 0.3) is 0 Å². The fraction of sp³-hybridized carbons (Fsp3) is 0.429. The van der Waals surface area contributed by atoms with Gasteiger partial charge in [-0.25, -0.2) is 12.7 Å². The summed E-state index contributed by atoms with van der Waals surface area (Å²) in [7, 11) is -1.98. The predicted octanol–water partition coefficient (Wildman–Crippen LogP) is 1.31. The number of rotatable bonds is 4. The lowest BCUT2D eigenvalue weighted by Crippen LogP contribution is -2.30. The summed E-state index contributed by atoms with van der Waals surface area (Å²) < 4.78 is 26.2. The quantitative estimate of drug-likeness (QED) is 0.847. The fourth-order valence-corrected chi connectivity index (χ4v) is 3.19. The highest BCUT2D eigenvalue weighted by molar-refractivity contribution is 7.89. The Hall–Kier alpha value is -1.35. The summed E-state index contributed by atoms with van der Waals surface area (Å²) in [6.45, 7) is 4.08. The minimum absolute atomic E-state index is 0.180. The lowest BCUT2D eigenvalue weighted by Gasteiger charge is -2.19. The molecule has 0 atom stereocenters. The largest absolute Gasteiger partial charge is 0.384 e. The second kappa shape index (κ2) is 6.71. The van der Waals surface area contributed by atoms with E-state index in [1.165, 1.54) is 10.4 Å². The van der Waals surface area contributed by atoms with Gasteiger partial charge in [-0.2, -0.15) is 0 Å². The lowest BCUT2D eigenvalue weighted by atomic mass is 10.2. The van der Waals surface area contributed by atoms with Crippen LogP contribution in [0.5, 0.6) is 0 Å². The van der Waals surface area contributed by atoms with E-state index in [0.29, 0.717) is 12.1 Å². The summed E-state index contributed by atoms with van der Waals surface area (Å²) in [4.78, 5) is 0.180. The normalized spacial score (nSPS) is 11.5. The molecule has 1 rings (SSSR count). The van der Waals surface area contributed by atoms with Crippen molar-refractivity contribution in [2.75, 3.05) is 20.2 Å². The SMILES string of the molecule is CC(C)CN(C)S(=O)(=O)c1ccccc1C#CCO. The second-order valence-electron chi connectivity index (χ2n) is 4.64. The van der Waals surface area contributed by atoms with Crippen LogP contribution in [0, 0.1) is 17.8 Å². The number of aliphatic hydroxyl groups is 1. The molecule has 0 radical (unpaired) electrons. The first kappa shape index (κ1) is 15.7. The third kappa shape index (κ3) is 4.06. The lowest BCUT2D eigenvalue weighted by molar-refractivity contribution is 0.350. The summed E-state index contributed by atoms with van der Waals surface area (Å²) in [6, 6.07) is 6.56. The number of sulfonamides is 1. The highest BCUT2D eigenvalue weighted by Crippen LogP contribution is 2.19. The fourth-order valence-electron chi connectivity index (χ4n) is 1.71. The first-order chi connectivity index (χ1) is 8.89. The van der Waals surface area contributed by atoms with Gasteiger partial charge in [-0.15, -0.1) is 0 Å². The zero-order valence-electron chi connectivity index (χ0n) is 11.4. The topological polar surface area (TPSA) is 57.6 Å². The number of hydrogen-bond donors (Lipinski definition) is 1. The molecule has 0 bridgehead atoms. The van der Waals surface area contributed by atoms with Gasteiger partial charge in [-0.3, -0.25) is 0 Å². The van der Waals surface area contributed by atoms with Crippen LogP contribution in [-0.2, 0) is 10.0 Å². The minimum atomic E-state index is -3.55. The van der Waals surface area contributed by atoms with Crippen LogP contribution >= 0.6 is 0 Å². The molecule has 1 aromatic carbocycles. The Labute approximate surface area is 115 Å². The van der Waals surface area contributed by atoms with Crippen LogP contribution in [0.15, 0.2) is 29.2 Å². The van der Waals surface area contributed by atoms with Crippen molar-refractivity contribution in [3.8, 4) is 11.8 Å². The smallest absolute Gasteiger partial charge is 0.244 e. The van der Waals surface area contributed by atoms with Crippen molar-refractivity contribution in [1.82, 2.24) is 4.31 Å². The van der Waals surface area contributed by atoms with E-state index in [1.807, 2.05) is 13.8 Å². The van der Waals surface area contributed by atoms with Gasteiger partial charge < -0.3 is 5.11 Å². The number of benzene rings is 1. The molecule has 5 heteroatoms. The monoisotopic (exact) mass is 281 g/mol. The molecule has 0 aliphatic rings. The van der Waals surface area contributed by atoms with Crippen molar-refractivity contribution < 1.29 is 13.5 Å². The summed E-state index contributed by atoms with van der Waals surface area (Å²) >= 11 is 0. The van der Waals surface area contributed by atoms with Crippen molar-refractivity contribution >= 4 is 10.0 Å². The molecule has 0 aliphatic carbocycles. The molecule has 0 saturated carbocycles. The maximum absolute atomic E-state index is 12.4. The molecule has 0 aromatic heterocycles. The average molecular weight is 281 g/mol. The van der Waals surface area contributed by atoms with Gasteiger partial charge in [0.05, 0.1) is 4.90 Å². The van der Waals surface area contributed by atoms with Crippen molar-refractivity contribution in [1.29, 1.82) is 0 Å². The van der Waals surface area contributed by atoms with Gasteiger partial charge in [0, 0.05) is 19.2 Å². The Balaban J connectivity index is 3.21. The average Bonchev–Trinajstić information content (AvgIpc) is 2.35. The van der Waals surface area contributed by atoms with E-state index in [9.17, 15) is 8.42 Å². The third-order valence-electron chi connectivity index (χ3n) is 2.50. The van der Waals surface area contributed by atoms with Crippen LogP contribution in [0.1, 0.15) is 19.4 Å². The molecule has 0 amide bonds. The molecule has 0 aliphatic heterocycles. The van der Waals surface area contributed by atoms with Crippen LogP contribution in [0.3, 0.4) is 0 Å². The van der Waals surface area contributed by atoms with Gasteiger partial charge in [0.1, 0.15) is 6.61 Å². The van der Waals surface area contributed by atoms with E-state index < -0.39 is 10.0 Å². The maximum atomic E-state index is 12.4. The van der Waals surface area contributed by atoms with Crippen LogP contribution < -0.4 is 0 Å². The van der Waals surface area contributed by atoms with Crippen molar-refractivity contribution in [2.45, 2.75) is 18.7 Å². The Kier molecular flexibility index (Phi) is 5.55. The third-order valence-corrected chi connectivity index (χ3v) is 4.38. The highest BCUT2D eigenvalue weighted by Gasteiger charge is 2.23.